The summed E-state index contributed by atoms with van der Waals surface area (Å²) in [7, 11) is 0. The molecule has 3 nitrogen and oxygen atoms in total. The van der Waals surface area contributed by atoms with Crippen molar-refractivity contribution in [2.24, 2.45) is 5.92 Å². The maximum atomic E-state index is 13.1. The van der Waals surface area contributed by atoms with Gasteiger partial charge in [-0.3, -0.25) is 4.79 Å². The molecule has 0 heterocycles. The highest BCUT2D eigenvalue weighted by molar-refractivity contribution is 6.42. The van der Waals surface area contributed by atoms with E-state index in [1.165, 1.54) is 12.1 Å². The summed E-state index contributed by atoms with van der Waals surface area (Å²) >= 11 is 11.6. The molecule has 1 aromatic rings. The number of hydrogen-bond donors (Lipinski definition) is 2. The molecule has 0 fully saturated rings. The Morgan fingerprint density at radius 1 is 1.37 bits per heavy atom. The van der Waals surface area contributed by atoms with E-state index in [2.05, 4.69) is 5.32 Å². The van der Waals surface area contributed by atoms with Gasteiger partial charge in [0.05, 0.1) is 10.0 Å². The Morgan fingerprint density at radius 2 is 2.00 bits per heavy atom. The minimum atomic E-state index is -0.918. The lowest BCUT2D eigenvalue weighted by Crippen LogP contribution is -2.37. The van der Waals surface area contributed by atoms with E-state index in [-0.39, 0.29) is 22.5 Å². The number of rotatable bonds is 6. The largest absolute Gasteiger partial charge is 0.480 e. The molecule has 0 aliphatic heterocycles. The van der Waals surface area contributed by atoms with Crippen molar-refractivity contribution in [1.82, 2.24) is 5.32 Å². The Morgan fingerprint density at radius 3 is 2.53 bits per heavy atom. The minimum absolute atomic E-state index is 0.114. The molecule has 1 aromatic carbocycles. The van der Waals surface area contributed by atoms with Gasteiger partial charge in [-0.2, -0.15) is 0 Å². The third-order valence-corrected chi connectivity index (χ3v) is 3.56. The number of benzene rings is 1. The van der Waals surface area contributed by atoms with E-state index in [1.807, 2.05) is 13.8 Å². The van der Waals surface area contributed by atoms with Gasteiger partial charge in [-0.1, -0.05) is 43.1 Å². The van der Waals surface area contributed by atoms with Crippen LogP contribution in [-0.4, -0.2) is 17.1 Å². The van der Waals surface area contributed by atoms with Crippen LogP contribution in [0.2, 0.25) is 10.0 Å². The van der Waals surface area contributed by atoms with Crippen LogP contribution in [0.25, 0.3) is 0 Å². The van der Waals surface area contributed by atoms with Gasteiger partial charge in [0.15, 0.2) is 0 Å². The van der Waals surface area contributed by atoms with Crippen LogP contribution in [0.1, 0.15) is 25.8 Å². The van der Waals surface area contributed by atoms with Crippen molar-refractivity contribution in [3.63, 3.8) is 0 Å². The third kappa shape index (κ3) is 4.64. The van der Waals surface area contributed by atoms with Crippen LogP contribution >= 0.6 is 23.2 Å². The maximum absolute atomic E-state index is 13.1. The Hall–Kier alpha value is -0.840. The van der Waals surface area contributed by atoms with Crippen molar-refractivity contribution in [3.05, 3.63) is 33.6 Å². The summed E-state index contributed by atoms with van der Waals surface area (Å²) < 4.78 is 13.1. The molecule has 2 N–H and O–H groups in total. The molecular weight excluding hydrogens is 292 g/mol. The fourth-order valence-corrected chi connectivity index (χ4v) is 2.08. The van der Waals surface area contributed by atoms with E-state index >= 15 is 0 Å². The predicted molar refractivity (Wildman–Crippen MR) is 74.1 cm³/mol. The molecule has 0 saturated carbocycles. The van der Waals surface area contributed by atoms with E-state index in [9.17, 15) is 9.18 Å². The summed E-state index contributed by atoms with van der Waals surface area (Å²) in [4.78, 5) is 11.1. The SMILES string of the molecule is CC(C)C[C@H](NCc1ccc(F)c(Cl)c1Cl)C(=O)O. The molecule has 0 radical (unpaired) electrons. The van der Waals surface area contributed by atoms with Gasteiger partial charge >= 0.3 is 5.97 Å². The molecule has 0 bridgehead atoms. The van der Waals surface area contributed by atoms with E-state index in [0.29, 0.717) is 12.0 Å². The summed E-state index contributed by atoms with van der Waals surface area (Å²) in [6, 6.07) is 2.04. The number of nitrogens with one attached hydrogen (secondary N) is 1. The summed E-state index contributed by atoms with van der Waals surface area (Å²) in [5.74, 6) is -1.26. The average molecular weight is 308 g/mol. The molecule has 19 heavy (non-hydrogen) atoms. The molecule has 0 amide bonds. The molecule has 0 aromatic heterocycles. The summed E-state index contributed by atoms with van der Waals surface area (Å²) in [5, 5.41) is 11.9. The molecule has 0 unspecified atom stereocenters. The van der Waals surface area contributed by atoms with Crippen LogP contribution in [0.15, 0.2) is 12.1 Å². The zero-order valence-corrected chi connectivity index (χ0v) is 12.2. The standard InChI is InChI=1S/C13H16Cl2FNO2/c1-7(2)5-10(13(18)19)17-6-8-3-4-9(16)12(15)11(8)14/h3-4,7,10,17H,5-6H2,1-2H3,(H,18,19)/t10-/m0/s1. The second-order valence-corrected chi connectivity index (χ2v) is 5.49. The Balaban J connectivity index is 2.75. The topological polar surface area (TPSA) is 49.3 Å². The van der Waals surface area contributed by atoms with Crippen LogP contribution in [0.4, 0.5) is 4.39 Å². The fourth-order valence-electron chi connectivity index (χ4n) is 1.68. The van der Waals surface area contributed by atoms with E-state index in [4.69, 9.17) is 28.3 Å². The van der Waals surface area contributed by atoms with Gasteiger partial charge in [0, 0.05) is 6.54 Å². The van der Waals surface area contributed by atoms with E-state index < -0.39 is 17.8 Å². The van der Waals surface area contributed by atoms with Gasteiger partial charge in [0.2, 0.25) is 0 Å². The summed E-state index contributed by atoms with van der Waals surface area (Å²) in [6.07, 6.45) is 0.502. The summed E-state index contributed by atoms with van der Waals surface area (Å²) in [5.41, 5.74) is 0.572. The van der Waals surface area contributed by atoms with Crippen LogP contribution in [-0.2, 0) is 11.3 Å². The Kier molecular flexibility index (Phi) is 6.04. The molecule has 0 aliphatic carbocycles. The molecule has 0 saturated heterocycles. The molecule has 6 heteroatoms. The second kappa shape index (κ2) is 7.08. The predicted octanol–water partition coefficient (Wildman–Crippen LogP) is 3.72. The molecule has 0 spiro atoms. The number of hydrogen-bond acceptors (Lipinski definition) is 2. The smallest absolute Gasteiger partial charge is 0.320 e. The second-order valence-electron chi connectivity index (χ2n) is 4.74. The highest BCUT2D eigenvalue weighted by Gasteiger charge is 2.19. The number of halogens is 3. The fraction of sp³-hybridized carbons (Fsp3) is 0.462. The first-order valence-corrected chi connectivity index (χ1v) is 6.67. The molecule has 1 atom stereocenters. The van der Waals surface area contributed by atoms with Crippen molar-refractivity contribution in [3.8, 4) is 0 Å². The van der Waals surface area contributed by atoms with Crippen LogP contribution in [0.3, 0.4) is 0 Å². The van der Waals surface area contributed by atoms with Crippen LogP contribution in [0, 0.1) is 11.7 Å². The van der Waals surface area contributed by atoms with Gasteiger partial charge in [-0.25, -0.2) is 4.39 Å². The van der Waals surface area contributed by atoms with Gasteiger partial charge in [0.25, 0.3) is 0 Å². The Bertz CT molecular complexity index is 466. The third-order valence-electron chi connectivity index (χ3n) is 2.66. The van der Waals surface area contributed by atoms with Crippen molar-refractivity contribution in [1.29, 1.82) is 0 Å². The van der Waals surface area contributed by atoms with Crippen molar-refractivity contribution in [2.75, 3.05) is 0 Å². The molecule has 1 rings (SSSR count). The van der Waals surface area contributed by atoms with Gasteiger partial charge in [-0.05, 0) is 24.0 Å². The average Bonchev–Trinajstić information content (AvgIpc) is 2.33. The lowest BCUT2D eigenvalue weighted by atomic mass is 10.0. The number of carboxylic acids is 1. The number of carboxylic acid groups (broad SMARTS) is 1. The number of carbonyl (C=O) groups is 1. The van der Waals surface area contributed by atoms with Crippen LogP contribution < -0.4 is 5.32 Å². The van der Waals surface area contributed by atoms with Crippen molar-refractivity contribution < 1.29 is 14.3 Å². The lowest BCUT2D eigenvalue weighted by Gasteiger charge is -2.17. The highest BCUT2D eigenvalue weighted by atomic mass is 35.5. The van der Waals surface area contributed by atoms with E-state index in [1.54, 1.807) is 0 Å². The lowest BCUT2D eigenvalue weighted by molar-refractivity contribution is -0.140. The maximum Gasteiger partial charge on any atom is 0.320 e. The van der Waals surface area contributed by atoms with Crippen molar-refractivity contribution >= 4 is 29.2 Å². The van der Waals surface area contributed by atoms with Gasteiger partial charge < -0.3 is 10.4 Å². The van der Waals surface area contributed by atoms with Gasteiger partial charge in [0.1, 0.15) is 11.9 Å². The normalized spacial score (nSPS) is 12.7. The zero-order chi connectivity index (χ0) is 14.6. The first-order chi connectivity index (χ1) is 8.82. The Labute approximate surface area is 121 Å². The number of aliphatic carboxylic acids is 1. The zero-order valence-electron chi connectivity index (χ0n) is 10.7. The summed E-state index contributed by atoms with van der Waals surface area (Å²) in [6.45, 7) is 4.11. The molecular formula is C13H16Cl2FNO2. The van der Waals surface area contributed by atoms with E-state index in [0.717, 1.165) is 0 Å². The van der Waals surface area contributed by atoms with Gasteiger partial charge in [-0.15, -0.1) is 0 Å². The van der Waals surface area contributed by atoms with Crippen molar-refractivity contribution in [2.45, 2.75) is 32.9 Å². The minimum Gasteiger partial charge on any atom is -0.480 e. The molecule has 106 valence electrons. The first kappa shape index (κ1) is 16.2. The highest BCUT2D eigenvalue weighted by Crippen LogP contribution is 2.28. The monoisotopic (exact) mass is 307 g/mol. The quantitative estimate of drug-likeness (QED) is 0.787. The first-order valence-electron chi connectivity index (χ1n) is 5.91. The molecule has 0 aliphatic rings. The van der Waals surface area contributed by atoms with Crippen LogP contribution in [0.5, 0.6) is 0 Å².